The fourth-order valence-electron chi connectivity index (χ4n) is 5.72. The number of hydrazone groups is 1. The summed E-state index contributed by atoms with van der Waals surface area (Å²) in [6.45, 7) is 2.61. The summed E-state index contributed by atoms with van der Waals surface area (Å²) in [6.07, 6.45) is 14.4. The van der Waals surface area contributed by atoms with Gasteiger partial charge in [0.25, 0.3) is 0 Å². The second-order valence-corrected chi connectivity index (χ2v) is 12.8. The van der Waals surface area contributed by atoms with Gasteiger partial charge in [-0.15, -0.1) is 0 Å². The van der Waals surface area contributed by atoms with Crippen LogP contribution in [0.4, 0.5) is 0 Å². The van der Waals surface area contributed by atoms with Gasteiger partial charge in [0.15, 0.2) is 5.11 Å². The van der Waals surface area contributed by atoms with E-state index in [1.54, 1.807) is 32.1 Å². The molecule has 0 saturated heterocycles. The van der Waals surface area contributed by atoms with Crippen molar-refractivity contribution in [2.24, 2.45) is 24.9 Å². The number of aliphatic hydroxyl groups excluding tert-OH is 2. The van der Waals surface area contributed by atoms with Crippen molar-refractivity contribution in [1.82, 2.24) is 34.1 Å². The van der Waals surface area contributed by atoms with Crippen LogP contribution < -0.4 is 5.73 Å². The minimum atomic E-state index is 0.200. The van der Waals surface area contributed by atoms with E-state index in [4.69, 9.17) is 38.1 Å². The van der Waals surface area contributed by atoms with Crippen molar-refractivity contribution >= 4 is 45.4 Å². The molecule has 4 heterocycles. The molecule has 4 N–H and O–H groups in total. The number of aryl methyl sites for hydroxylation is 5. The number of nitrogens with zero attached hydrogens (tertiary/aromatic N) is 8. The van der Waals surface area contributed by atoms with Crippen LogP contribution in [0, 0.1) is 6.92 Å². The first-order chi connectivity index (χ1) is 24.2. The van der Waals surface area contributed by atoms with Gasteiger partial charge in [0.05, 0.1) is 65.1 Å². The number of hydrogen-bond acceptors (Lipinski definition) is 8. The minimum absolute atomic E-state index is 0.200. The van der Waals surface area contributed by atoms with E-state index in [9.17, 15) is 0 Å². The van der Waals surface area contributed by atoms with Crippen LogP contribution in [-0.4, -0.2) is 75.9 Å². The number of fused-ring (bicyclic) bond motifs is 2. The highest BCUT2D eigenvalue weighted by atomic mass is 32.1. The molecule has 6 aromatic rings. The molecule has 6 rings (SSSR count). The molecule has 0 amide bonds. The third-order valence-electron chi connectivity index (χ3n) is 8.58. The Morgan fingerprint density at radius 3 is 1.82 bits per heavy atom. The van der Waals surface area contributed by atoms with E-state index in [1.807, 2.05) is 41.6 Å². The van der Waals surface area contributed by atoms with Gasteiger partial charge in [-0.2, -0.15) is 5.10 Å². The van der Waals surface area contributed by atoms with Gasteiger partial charge in [0.2, 0.25) is 0 Å². The quantitative estimate of drug-likeness (QED) is 0.0636. The molecule has 12 heteroatoms. The highest BCUT2D eigenvalue weighted by Gasteiger charge is 2.12. The lowest BCUT2D eigenvalue weighted by Gasteiger charge is -2.11. The Hall–Kier alpha value is -5.04. The molecular formula is C38H45N9O2S. The van der Waals surface area contributed by atoms with Gasteiger partial charge < -0.3 is 25.1 Å². The molecule has 0 radical (unpaired) electrons. The maximum Gasteiger partial charge on any atom is 0.186 e. The lowest BCUT2D eigenvalue weighted by molar-refractivity contribution is 0.284. The predicted octanol–water partition coefficient (Wildman–Crippen LogP) is 5.72. The molecule has 0 spiro atoms. The predicted molar refractivity (Wildman–Crippen MR) is 205 cm³/mol. The zero-order valence-corrected chi connectivity index (χ0v) is 29.9. The van der Waals surface area contributed by atoms with Crippen molar-refractivity contribution in [3.63, 3.8) is 0 Å². The monoisotopic (exact) mass is 691 g/mol. The molecule has 11 nitrogen and oxygen atoms in total. The summed E-state index contributed by atoms with van der Waals surface area (Å²) in [5, 5.41) is 26.1. The van der Waals surface area contributed by atoms with Crippen molar-refractivity contribution in [3.05, 3.63) is 95.8 Å². The Labute approximate surface area is 298 Å². The summed E-state index contributed by atoms with van der Waals surface area (Å²) >= 11 is 4.96. The molecular weight excluding hydrogens is 647 g/mol. The Kier molecular flexibility index (Phi) is 12.4. The fraction of sp³-hybridized carbons (Fsp3) is 0.316. The van der Waals surface area contributed by atoms with Crippen molar-refractivity contribution in [2.45, 2.75) is 45.4 Å². The number of hydrogen-bond donors (Lipinski definition) is 3. The van der Waals surface area contributed by atoms with E-state index < -0.39 is 0 Å². The lowest BCUT2D eigenvalue weighted by atomic mass is 10.0. The normalized spacial score (nSPS) is 11.3. The molecule has 4 aromatic heterocycles. The van der Waals surface area contributed by atoms with Gasteiger partial charge in [-0.1, -0.05) is 12.1 Å². The number of rotatable bonds is 12. The first-order valence-corrected chi connectivity index (χ1v) is 17.2. The van der Waals surface area contributed by atoms with Crippen LogP contribution >= 0.6 is 12.2 Å². The van der Waals surface area contributed by atoms with E-state index in [1.165, 1.54) is 27.1 Å². The van der Waals surface area contributed by atoms with Crippen molar-refractivity contribution in [3.8, 4) is 22.8 Å². The van der Waals surface area contributed by atoms with Crippen LogP contribution in [0.15, 0.2) is 78.7 Å². The topological polar surface area (TPSA) is 144 Å². The van der Waals surface area contributed by atoms with Crippen LogP contribution in [0.25, 0.3) is 44.6 Å². The molecule has 0 bridgehead atoms. The highest BCUT2D eigenvalue weighted by molar-refractivity contribution is 7.80. The molecule has 0 aliphatic heterocycles. The highest BCUT2D eigenvalue weighted by Crippen LogP contribution is 2.27. The van der Waals surface area contributed by atoms with E-state index in [2.05, 4.69) is 58.4 Å². The van der Waals surface area contributed by atoms with Gasteiger partial charge >= 0.3 is 0 Å². The first kappa shape index (κ1) is 36.2. The van der Waals surface area contributed by atoms with Gasteiger partial charge in [-0.25, -0.2) is 24.9 Å². The zero-order valence-electron chi connectivity index (χ0n) is 29.1. The summed E-state index contributed by atoms with van der Waals surface area (Å²) in [7, 11) is 5.63. The van der Waals surface area contributed by atoms with Crippen LogP contribution in [0.3, 0.4) is 0 Å². The molecule has 0 atom stereocenters. The van der Waals surface area contributed by atoms with E-state index in [0.717, 1.165) is 83.3 Å². The molecule has 2 aromatic carbocycles. The molecule has 50 heavy (non-hydrogen) atoms. The molecule has 0 fully saturated rings. The third kappa shape index (κ3) is 8.94. The fourth-order valence-corrected chi connectivity index (χ4v) is 5.76. The molecule has 0 aliphatic rings. The molecule has 0 aliphatic carbocycles. The molecule has 260 valence electrons. The minimum Gasteiger partial charge on any atom is -0.396 e. The second kappa shape index (κ2) is 17.1. The Morgan fingerprint density at radius 2 is 1.32 bits per heavy atom. The number of imidazole rings is 2. The maximum absolute atomic E-state index is 9.01. The Bertz CT molecular complexity index is 2100. The summed E-state index contributed by atoms with van der Waals surface area (Å²) in [5.41, 5.74) is 15.9. The number of benzene rings is 2. The SMILES string of the molecule is CN(/N=C/c1cc(-c2cncn2C)nc2ccc(CCCCO)cc12)C(N)=S.Cc1cc(-c2cncn2C)nc2ccc(CCCCO)cc12. The molecule has 0 saturated carbocycles. The zero-order chi connectivity index (χ0) is 35.6. The summed E-state index contributed by atoms with van der Waals surface area (Å²) in [4.78, 5) is 17.9. The summed E-state index contributed by atoms with van der Waals surface area (Å²) < 4.78 is 3.91. The van der Waals surface area contributed by atoms with E-state index in [-0.39, 0.29) is 18.3 Å². The molecule has 0 unspecified atom stereocenters. The standard InChI is InChI=1S/C20H24N6OS.C18H21N3O/c1-25-13-22-12-19(25)18-10-15(11-23-26(2)20(21)28)16-9-14(5-3-4-8-27)6-7-17(16)24-18;1-13-9-17(18-11-19-12-21(18)2)20-16-7-6-14(10-15(13)16)5-3-4-8-22/h6-7,9-13,27H,3-5,8H2,1-2H3,(H2,21,28);6-7,9-12,22H,3-5,8H2,1-2H3/b23-11+;. The van der Waals surface area contributed by atoms with Crippen LogP contribution in [0.5, 0.6) is 0 Å². The number of aromatic nitrogens is 6. The third-order valence-corrected chi connectivity index (χ3v) is 8.84. The lowest BCUT2D eigenvalue weighted by Crippen LogP contribution is -2.27. The van der Waals surface area contributed by atoms with Gasteiger partial charge in [0, 0.05) is 50.7 Å². The first-order valence-electron chi connectivity index (χ1n) is 16.7. The number of unbranched alkanes of at least 4 members (excludes halogenated alkanes) is 2. The largest absolute Gasteiger partial charge is 0.396 e. The van der Waals surface area contributed by atoms with E-state index >= 15 is 0 Å². The van der Waals surface area contributed by atoms with Crippen molar-refractivity contribution in [2.75, 3.05) is 20.3 Å². The van der Waals surface area contributed by atoms with Crippen LogP contribution in [0.2, 0.25) is 0 Å². The summed E-state index contributed by atoms with van der Waals surface area (Å²) in [5.74, 6) is 0. The Morgan fingerprint density at radius 1 is 0.800 bits per heavy atom. The van der Waals surface area contributed by atoms with Crippen LogP contribution in [0.1, 0.15) is 47.9 Å². The number of nitrogens with two attached hydrogens (primary N) is 1. The van der Waals surface area contributed by atoms with Gasteiger partial charge in [-0.05, 0) is 111 Å². The number of pyridine rings is 2. The van der Waals surface area contributed by atoms with E-state index in [0.29, 0.717) is 0 Å². The van der Waals surface area contributed by atoms with Crippen molar-refractivity contribution < 1.29 is 10.2 Å². The van der Waals surface area contributed by atoms with Crippen LogP contribution in [-0.2, 0) is 26.9 Å². The van der Waals surface area contributed by atoms with Gasteiger partial charge in [0.1, 0.15) is 0 Å². The summed E-state index contributed by atoms with van der Waals surface area (Å²) in [6, 6.07) is 16.8. The maximum atomic E-state index is 9.01. The smallest absolute Gasteiger partial charge is 0.186 e. The number of aliphatic hydroxyl groups is 2. The average molecular weight is 692 g/mol. The number of thiocarbonyl (C=S) groups is 1. The second-order valence-electron chi connectivity index (χ2n) is 12.4. The Balaban J connectivity index is 0.000000200. The van der Waals surface area contributed by atoms with Crippen molar-refractivity contribution in [1.29, 1.82) is 0 Å². The van der Waals surface area contributed by atoms with Gasteiger partial charge in [-0.3, -0.25) is 0 Å². The average Bonchev–Trinajstić information content (AvgIpc) is 3.75.